The molecular formula is C13H21N3O4S. The summed E-state index contributed by atoms with van der Waals surface area (Å²) in [6, 6.07) is 0. The van der Waals surface area contributed by atoms with Crippen molar-refractivity contribution in [2.45, 2.75) is 44.6 Å². The number of aromatic amines is 1. The van der Waals surface area contributed by atoms with Gasteiger partial charge in [-0.2, -0.15) is 9.40 Å². The molecule has 0 bridgehead atoms. The Hall–Kier alpha value is -1.41. The average Bonchev–Trinajstić information content (AvgIpc) is 2.98. The van der Waals surface area contributed by atoms with E-state index in [1.807, 2.05) is 0 Å². The second-order valence-corrected chi connectivity index (χ2v) is 7.40. The first kappa shape index (κ1) is 16.0. The number of carboxylic acids is 1. The van der Waals surface area contributed by atoms with Gasteiger partial charge in [0, 0.05) is 13.1 Å². The van der Waals surface area contributed by atoms with Gasteiger partial charge in [-0.05, 0) is 18.3 Å². The number of hydrogen-bond acceptors (Lipinski definition) is 4. The van der Waals surface area contributed by atoms with Crippen molar-refractivity contribution in [1.82, 2.24) is 14.5 Å². The SMILES string of the molecule is CCC1(CC)CCN(S(=O)(=O)c2[nH]ncc2C(=O)O)CC1. The maximum atomic E-state index is 12.6. The van der Waals surface area contributed by atoms with Crippen LogP contribution in [-0.4, -0.2) is 47.1 Å². The number of aromatic nitrogens is 2. The summed E-state index contributed by atoms with van der Waals surface area (Å²) in [6.45, 7) is 5.10. The van der Waals surface area contributed by atoms with Crippen LogP contribution in [0, 0.1) is 5.41 Å². The number of aromatic carboxylic acids is 1. The van der Waals surface area contributed by atoms with Gasteiger partial charge in [-0.25, -0.2) is 13.2 Å². The molecule has 1 aliphatic heterocycles. The number of rotatable bonds is 5. The molecule has 1 aromatic rings. The van der Waals surface area contributed by atoms with Gasteiger partial charge < -0.3 is 5.11 Å². The van der Waals surface area contributed by atoms with Gasteiger partial charge in [0.2, 0.25) is 0 Å². The number of nitrogens with zero attached hydrogens (tertiary/aromatic N) is 2. The van der Waals surface area contributed by atoms with E-state index in [1.54, 1.807) is 0 Å². The number of H-pyrrole nitrogens is 1. The number of sulfonamides is 1. The normalized spacial score (nSPS) is 19.5. The zero-order chi connectivity index (χ0) is 15.7. The van der Waals surface area contributed by atoms with E-state index in [-0.39, 0.29) is 16.0 Å². The lowest BCUT2D eigenvalue weighted by Gasteiger charge is -2.40. The molecular weight excluding hydrogens is 294 g/mol. The molecule has 2 heterocycles. The highest BCUT2D eigenvalue weighted by Gasteiger charge is 2.38. The van der Waals surface area contributed by atoms with Crippen LogP contribution in [0.25, 0.3) is 0 Å². The average molecular weight is 315 g/mol. The van der Waals surface area contributed by atoms with Crippen molar-refractivity contribution < 1.29 is 18.3 Å². The van der Waals surface area contributed by atoms with Gasteiger partial charge in [-0.1, -0.05) is 26.7 Å². The Morgan fingerprint density at radius 3 is 2.43 bits per heavy atom. The fraction of sp³-hybridized carbons (Fsp3) is 0.692. The minimum absolute atomic E-state index is 0.204. The first-order chi connectivity index (χ1) is 9.86. The highest BCUT2D eigenvalue weighted by atomic mass is 32.2. The van der Waals surface area contributed by atoms with Crippen LogP contribution >= 0.6 is 0 Å². The van der Waals surface area contributed by atoms with Gasteiger partial charge in [-0.15, -0.1) is 0 Å². The first-order valence-electron chi connectivity index (χ1n) is 7.13. The molecule has 7 nitrogen and oxygen atoms in total. The standard InChI is InChI=1S/C13H21N3O4S/c1-3-13(4-2)5-7-16(8-6-13)21(19,20)11-10(12(17)18)9-14-15-11/h9H,3-8H2,1-2H3,(H,14,15)(H,17,18). The Kier molecular flexibility index (Phi) is 4.38. The highest BCUT2D eigenvalue weighted by Crippen LogP contribution is 2.39. The highest BCUT2D eigenvalue weighted by molar-refractivity contribution is 7.89. The van der Waals surface area contributed by atoms with Crippen LogP contribution in [0.4, 0.5) is 0 Å². The predicted octanol–water partition coefficient (Wildman–Crippen LogP) is 1.70. The largest absolute Gasteiger partial charge is 0.478 e. The number of piperidine rings is 1. The molecule has 1 aromatic heterocycles. The van der Waals surface area contributed by atoms with Gasteiger partial charge in [0.25, 0.3) is 10.0 Å². The molecule has 1 saturated heterocycles. The lowest BCUT2D eigenvalue weighted by molar-refractivity contribution is 0.0692. The third-order valence-corrected chi connectivity index (χ3v) is 6.59. The summed E-state index contributed by atoms with van der Waals surface area (Å²) in [5.41, 5.74) is -0.104. The van der Waals surface area contributed by atoms with Crippen LogP contribution in [-0.2, 0) is 10.0 Å². The van der Waals surface area contributed by atoms with E-state index in [4.69, 9.17) is 5.11 Å². The molecule has 2 N–H and O–H groups in total. The predicted molar refractivity (Wildman–Crippen MR) is 76.6 cm³/mol. The van der Waals surface area contributed by atoms with Crippen molar-refractivity contribution in [3.05, 3.63) is 11.8 Å². The van der Waals surface area contributed by atoms with E-state index in [0.29, 0.717) is 13.1 Å². The van der Waals surface area contributed by atoms with Crippen LogP contribution in [0.5, 0.6) is 0 Å². The molecule has 0 spiro atoms. The summed E-state index contributed by atoms with van der Waals surface area (Å²) in [5, 5.41) is 14.6. The molecule has 0 unspecified atom stereocenters. The zero-order valence-corrected chi connectivity index (χ0v) is 13.1. The maximum Gasteiger partial charge on any atom is 0.340 e. The van der Waals surface area contributed by atoms with Crippen LogP contribution in [0.3, 0.4) is 0 Å². The van der Waals surface area contributed by atoms with Crippen molar-refractivity contribution >= 4 is 16.0 Å². The van der Waals surface area contributed by atoms with Crippen LogP contribution in [0.2, 0.25) is 0 Å². The quantitative estimate of drug-likeness (QED) is 0.860. The number of nitrogens with one attached hydrogen (secondary N) is 1. The second kappa shape index (κ2) is 5.76. The van der Waals surface area contributed by atoms with Gasteiger partial charge in [-0.3, -0.25) is 5.10 Å². The molecule has 0 saturated carbocycles. The van der Waals surface area contributed by atoms with Crippen molar-refractivity contribution in [3.63, 3.8) is 0 Å². The first-order valence-corrected chi connectivity index (χ1v) is 8.57. The molecule has 0 radical (unpaired) electrons. The number of carboxylic acid groups (broad SMARTS) is 1. The monoisotopic (exact) mass is 315 g/mol. The molecule has 21 heavy (non-hydrogen) atoms. The summed E-state index contributed by atoms with van der Waals surface area (Å²) in [5.74, 6) is -1.30. The van der Waals surface area contributed by atoms with E-state index >= 15 is 0 Å². The Bertz CT molecular complexity index is 609. The smallest absolute Gasteiger partial charge is 0.340 e. The van der Waals surface area contributed by atoms with E-state index in [1.165, 1.54) is 4.31 Å². The summed E-state index contributed by atoms with van der Waals surface area (Å²) in [7, 11) is -3.83. The fourth-order valence-corrected chi connectivity index (χ4v) is 4.42. The van der Waals surface area contributed by atoms with Crippen LogP contribution in [0.1, 0.15) is 49.9 Å². The summed E-state index contributed by atoms with van der Waals surface area (Å²) < 4.78 is 26.5. The summed E-state index contributed by atoms with van der Waals surface area (Å²) in [6.07, 6.45) is 4.69. The third kappa shape index (κ3) is 2.82. The number of hydrogen-bond donors (Lipinski definition) is 2. The minimum Gasteiger partial charge on any atom is -0.478 e. The van der Waals surface area contributed by atoms with Crippen molar-refractivity contribution in [3.8, 4) is 0 Å². The van der Waals surface area contributed by atoms with E-state index in [2.05, 4.69) is 24.0 Å². The molecule has 0 aromatic carbocycles. The molecule has 0 atom stereocenters. The Morgan fingerprint density at radius 1 is 1.38 bits per heavy atom. The van der Waals surface area contributed by atoms with E-state index in [0.717, 1.165) is 31.9 Å². The van der Waals surface area contributed by atoms with Crippen molar-refractivity contribution in [2.24, 2.45) is 5.41 Å². The maximum absolute atomic E-state index is 12.6. The Morgan fingerprint density at radius 2 is 1.95 bits per heavy atom. The molecule has 0 amide bonds. The summed E-state index contributed by atoms with van der Waals surface area (Å²) >= 11 is 0. The van der Waals surface area contributed by atoms with Gasteiger partial charge >= 0.3 is 5.97 Å². The molecule has 1 fully saturated rings. The molecule has 8 heteroatoms. The fourth-order valence-electron chi connectivity index (χ4n) is 2.91. The summed E-state index contributed by atoms with van der Waals surface area (Å²) in [4.78, 5) is 11.1. The van der Waals surface area contributed by atoms with Crippen molar-refractivity contribution in [1.29, 1.82) is 0 Å². The van der Waals surface area contributed by atoms with Crippen LogP contribution in [0.15, 0.2) is 11.2 Å². The van der Waals surface area contributed by atoms with Crippen molar-refractivity contribution in [2.75, 3.05) is 13.1 Å². The lowest BCUT2D eigenvalue weighted by atomic mass is 9.75. The lowest BCUT2D eigenvalue weighted by Crippen LogP contribution is -2.43. The van der Waals surface area contributed by atoms with Crippen LogP contribution < -0.4 is 0 Å². The topological polar surface area (TPSA) is 103 Å². The van der Waals surface area contributed by atoms with Gasteiger partial charge in [0.05, 0.1) is 6.20 Å². The number of carbonyl (C=O) groups is 1. The van der Waals surface area contributed by atoms with Gasteiger partial charge in [0.1, 0.15) is 5.56 Å². The third-order valence-electron chi connectivity index (χ3n) is 4.72. The van der Waals surface area contributed by atoms with Gasteiger partial charge in [0.15, 0.2) is 5.03 Å². The Balaban J connectivity index is 2.23. The minimum atomic E-state index is -3.83. The Labute approximate surface area is 124 Å². The van der Waals surface area contributed by atoms with E-state index in [9.17, 15) is 13.2 Å². The second-order valence-electron chi connectivity index (χ2n) is 5.53. The molecule has 0 aliphatic carbocycles. The molecule has 2 rings (SSSR count). The van der Waals surface area contributed by atoms with E-state index < -0.39 is 16.0 Å². The molecule has 118 valence electrons. The zero-order valence-electron chi connectivity index (χ0n) is 12.3. The molecule has 1 aliphatic rings.